The molecule has 0 saturated carbocycles. The van der Waals surface area contributed by atoms with Gasteiger partial charge in [-0.05, 0) is 5.56 Å². The Morgan fingerprint density at radius 1 is 1.30 bits per heavy atom. The van der Waals surface area contributed by atoms with Gasteiger partial charge in [0.25, 0.3) is 5.56 Å². The van der Waals surface area contributed by atoms with Crippen molar-refractivity contribution in [2.45, 2.75) is 23.9 Å². The lowest BCUT2D eigenvalue weighted by Crippen LogP contribution is -2.21. The predicted octanol–water partition coefficient (Wildman–Crippen LogP) is 3.62. The summed E-state index contributed by atoms with van der Waals surface area (Å²) in [5.74, 6) is 0. The molecule has 3 nitrogen and oxygen atoms in total. The van der Waals surface area contributed by atoms with E-state index >= 15 is 0 Å². The molecule has 0 amide bonds. The summed E-state index contributed by atoms with van der Waals surface area (Å²) in [6.45, 7) is 2.89. The van der Waals surface area contributed by atoms with Gasteiger partial charge < -0.3 is 0 Å². The maximum atomic E-state index is 12.7. The average Bonchev–Trinajstić information content (AvgIpc) is 3.03. The third-order valence-corrected chi connectivity index (χ3v) is 5.44. The standard InChI is InChI=1S/C15H12N2OS2/c1-9-7-17-14(18)12-11(10-5-3-2-4-6-10)8-19-13(12)16-15(17)20-9/h2-6,8-9H,7H2,1H3. The lowest BCUT2D eigenvalue weighted by atomic mass is 10.1. The van der Waals surface area contributed by atoms with Crippen LogP contribution in [0.15, 0.2) is 45.7 Å². The Balaban J connectivity index is 2.03. The van der Waals surface area contributed by atoms with E-state index < -0.39 is 0 Å². The zero-order valence-electron chi connectivity index (χ0n) is 10.9. The van der Waals surface area contributed by atoms with E-state index in [0.29, 0.717) is 5.25 Å². The minimum atomic E-state index is 0.0990. The van der Waals surface area contributed by atoms with Gasteiger partial charge in [0.1, 0.15) is 4.83 Å². The summed E-state index contributed by atoms with van der Waals surface area (Å²) in [7, 11) is 0. The molecule has 1 aliphatic rings. The van der Waals surface area contributed by atoms with Crippen LogP contribution in [0.4, 0.5) is 0 Å². The minimum absolute atomic E-state index is 0.0990. The van der Waals surface area contributed by atoms with E-state index in [-0.39, 0.29) is 5.56 Å². The van der Waals surface area contributed by atoms with E-state index in [1.807, 2.05) is 40.3 Å². The van der Waals surface area contributed by atoms with Crippen molar-refractivity contribution in [3.05, 3.63) is 46.1 Å². The number of hydrogen-bond donors (Lipinski definition) is 0. The molecule has 5 heteroatoms. The lowest BCUT2D eigenvalue weighted by molar-refractivity contribution is 0.630. The number of hydrogen-bond acceptors (Lipinski definition) is 4. The summed E-state index contributed by atoms with van der Waals surface area (Å²) in [5.41, 5.74) is 2.18. The van der Waals surface area contributed by atoms with Crippen LogP contribution in [0.3, 0.4) is 0 Å². The van der Waals surface area contributed by atoms with Crippen molar-refractivity contribution in [3.8, 4) is 11.1 Å². The maximum absolute atomic E-state index is 12.7. The molecule has 100 valence electrons. The van der Waals surface area contributed by atoms with Gasteiger partial charge in [-0.25, -0.2) is 4.98 Å². The summed E-state index contributed by atoms with van der Waals surface area (Å²) in [4.78, 5) is 18.2. The molecule has 1 aliphatic heterocycles. The van der Waals surface area contributed by atoms with Gasteiger partial charge in [0, 0.05) is 22.7 Å². The van der Waals surface area contributed by atoms with Crippen LogP contribution in [0.2, 0.25) is 0 Å². The van der Waals surface area contributed by atoms with Crippen LogP contribution in [-0.2, 0) is 6.54 Å². The van der Waals surface area contributed by atoms with E-state index in [4.69, 9.17) is 0 Å². The third kappa shape index (κ3) is 1.73. The summed E-state index contributed by atoms with van der Waals surface area (Å²) in [6, 6.07) is 10.1. The number of benzene rings is 1. The number of fused-ring (bicyclic) bond motifs is 2. The Morgan fingerprint density at radius 2 is 2.10 bits per heavy atom. The molecule has 3 aromatic rings. The molecule has 1 unspecified atom stereocenters. The van der Waals surface area contributed by atoms with Crippen molar-refractivity contribution in [2.24, 2.45) is 0 Å². The Kier molecular flexibility index (Phi) is 2.72. The normalized spacial score (nSPS) is 17.6. The van der Waals surface area contributed by atoms with Crippen molar-refractivity contribution in [2.75, 3.05) is 0 Å². The van der Waals surface area contributed by atoms with Crippen molar-refractivity contribution in [1.29, 1.82) is 0 Å². The molecule has 0 radical (unpaired) electrons. The zero-order valence-corrected chi connectivity index (χ0v) is 12.5. The Hall–Kier alpha value is -1.59. The molecule has 1 atom stereocenters. The van der Waals surface area contributed by atoms with Crippen molar-refractivity contribution in [3.63, 3.8) is 0 Å². The highest BCUT2D eigenvalue weighted by Crippen LogP contribution is 2.35. The topological polar surface area (TPSA) is 34.9 Å². The Bertz CT molecular complexity index is 851. The van der Waals surface area contributed by atoms with Crippen molar-refractivity contribution < 1.29 is 0 Å². The first kappa shape index (κ1) is 12.2. The third-order valence-electron chi connectivity index (χ3n) is 3.49. The Labute approximate surface area is 124 Å². The first-order valence-corrected chi connectivity index (χ1v) is 8.24. The molecule has 2 aromatic heterocycles. The van der Waals surface area contributed by atoms with Crippen LogP contribution in [0, 0.1) is 0 Å². The van der Waals surface area contributed by atoms with E-state index in [1.54, 1.807) is 23.1 Å². The van der Waals surface area contributed by atoms with Gasteiger partial charge in [-0.3, -0.25) is 9.36 Å². The van der Waals surface area contributed by atoms with Crippen LogP contribution in [0.5, 0.6) is 0 Å². The van der Waals surface area contributed by atoms with Crippen LogP contribution in [0.1, 0.15) is 6.92 Å². The molecule has 1 aromatic carbocycles. The van der Waals surface area contributed by atoms with Crippen LogP contribution < -0.4 is 5.56 Å². The highest BCUT2D eigenvalue weighted by molar-refractivity contribution is 7.99. The largest absolute Gasteiger partial charge is 0.286 e. The highest BCUT2D eigenvalue weighted by Gasteiger charge is 2.24. The fraction of sp³-hybridized carbons (Fsp3) is 0.200. The van der Waals surface area contributed by atoms with Crippen LogP contribution >= 0.6 is 23.1 Å². The van der Waals surface area contributed by atoms with Gasteiger partial charge in [-0.15, -0.1) is 11.3 Å². The van der Waals surface area contributed by atoms with Gasteiger partial charge in [0.05, 0.1) is 5.39 Å². The molecule has 0 spiro atoms. The second kappa shape index (κ2) is 4.46. The Morgan fingerprint density at radius 3 is 2.90 bits per heavy atom. The van der Waals surface area contributed by atoms with E-state index in [0.717, 1.165) is 33.0 Å². The van der Waals surface area contributed by atoms with Crippen molar-refractivity contribution >= 4 is 33.3 Å². The van der Waals surface area contributed by atoms with E-state index in [9.17, 15) is 4.79 Å². The molecule has 0 N–H and O–H groups in total. The minimum Gasteiger partial charge on any atom is -0.286 e. The van der Waals surface area contributed by atoms with Crippen LogP contribution in [0.25, 0.3) is 21.3 Å². The zero-order chi connectivity index (χ0) is 13.7. The van der Waals surface area contributed by atoms with Crippen LogP contribution in [-0.4, -0.2) is 14.8 Å². The fourth-order valence-electron chi connectivity index (χ4n) is 2.56. The van der Waals surface area contributed by atoms with Gasteiger partial charge in [-0.1, -0.05) is 49.0 Å². The maximum Gasteiger partial charge on any atom is 0.263 e. The van der Waals surface area contributed by atoms with Gasteiger partial charge >= 0.3 is 0 Å². The second-order valence-electron chi connectivity index (χ2n) is 4.93. The predicted molar refractivity (Wildman–Crippen MR) is 84.6 cm³/mol. The molecule has 0 saturated heterocycles. The number of rotatable bonds is 1. The second-order valence-corrected chi connectivity index (χ2v) is 7.20. The van der Waals surface area contributed by atoms with E-state index in [1.165, 1.54) is 0 Å². The van der Waals surface area contributed by atoms with Gasteiger partial charge in [0.15, 0.2) is 5.16 Å². The number of thiophene rings is 1. The fourth-order valence-corrected chi connectivity index (χ4v) is 4.57. The van der Waals surface area contributed by atoms with Gasteiger partial charge in [0.2, 0.25) is 0 Å². The number of aromatic nitrogens is 2. The molecular weight excluding hydrogens is 288 g/mol. The molecule has 0 bridgehead atoms. The average molecular weight is 300 g/mol. The first-order valence-electron chi connectivity index (χ1n) is 6.48. The molecule has 0 fully saturated rings. The van der Waals surface area contributed by atoms with Gasteiger partial charge in [-0.2, -0.15) is 0 Å². The summed E-state index contributed by atoms with van der Waals surface area (Å²) in [6.07, 6.45) is 0. The highest BCUT2D eigenvalue weighted by atomic mass is 32.2. The molecular formula is C15H12N2OS2. The molecule has 4 rings (SSSR count). The smallest absolute Gasteiger partial charge is 0.263 e. The lowest BCUT2D eigenvalue weighted by Gasteiger charge is -2.03. The monoisotopic (exact) mass is 300 g/mol. The first-order chi connectivity index (χ1) is 9.74. The summed E-state index contributed by atoms with van der Waals surface area (Å²) < 4.78 is 1.82. The summed E-state index contributed by atoms with van der Waals surface area (Å²) in [5, 5.41) is 4.08. The quantitative estimate of drug-likeness (QED) is 0.644. The van der Waals surface area contributed by atoms with Crippen molar-refractivity contribution in [1.82, 2.24) is 9.55 Å². The molecule has 20 heavy (non-hydrogen) atoms. The van der Waals surface area contributed by atoms with E-state index in [2.05, 4.69) is 11.9 Å². The number of nitrogens with zero attached hydrogens (tertiary/aromatic N) is 2. The molecule has 3 heterocycles. The molecule has 0 aliphatic carbocycles. The summed E-state index contributed by atoms with van der Waals surface area (Å²) >= 11 is 3.24. The SMILES string of the molecule is CC1Cn2c(nc3scc(-c4ccccc4)c3c2=O)S1. The number of thioether (sulfide) groups is 1.